The van der Waals surface area contributed by atoms with Gasteiger partial charge >= 0.3 is 0 Å². The van der Waals surface area contributed by atoms with E-state index >= 15 is 0 Å². The van der Waals surface area contributed by atoms with Crippen molar-refractivity contribution in [1.29, 1.82) is 0 Å². The lowest BCUT2D eigenvalue weighted by atomic mass is 9.79. The molecular formula is C11H17ClO. The van der Waals surface area contributed by atoms with Crippen LogP contribution in [0, 0.1) is 11.8 Å². The summed E-state index contributed by atoms with van der Waals surface area (Å²) in [4.78, 5) is 11.7. The van der Waals surface area contributed by atoms with Crippen molar-refractivity contribution in [3.63, 3.8) is 0 Å². The molecule has 13 heavy (non-hydrogen) atoms. The fourth-order valence-electron chi connectivity index (χ4n) is 1.90. The van der Waals surface area contributed by atoms with Crippen molar-refractivity contribution in [1.82, 2.24) is 0 Å². The van der Waals surface area contributed by atoms with Crippen molar-refractivity contribution in [2.45, 2.75) is 39.5 Å². The van der Waals surface area contributed by atoms with Crippen molar-refractivity contribution in [2.75, 3.05) is 0 Å². The quantitative estimate of drug-likeness (QED) is 0.667. The third-order valence-electron chi connectivity index (χ3n) is 2.76. The minimum Gasteiger partial charge on any atom is -0.299 e. The second kappa shape index (κ2) is 4.80. The highest BCUT2D eigenvalue weighted by atomic mass is 35.5. The third kappa shape index (κ3) is 3.15. The first-order chi connectivity index (χ1) is 6.11. The molecule has 2 unspecified atom stereocenters. The van der Waals surface area contributed by atoms with Crippen LogP contribution < -0.4 is 0 Å². The van der Waals surface area contributed by atoms with Gasteiger partial charge in [0.05, 0.1) is 0 Å². The smallest absolute Gasteiger partial charge is 0.139 e. The van der Waals surface area contributed by atoms with Crippen LogP contribution in [0.3, 0.4) is 0 Å². The fourth-order valence-corrected chi connectivity index (χ4v) is 1.99. The normalized spacial score (nSPS) is 30.7. The number of Topliss-reactive ketones (excluding diaryl/α,β-unsaturated/α-hetero) is 1. The zero-order chi connectivity index (χ0) is 9.84. The van der Waals surface area contributed by atoms with Crippen LogP contribution in [0.4, 0.5) is 0 Å². The standard InChI is InChI=1S/C11H17ClO/c1-8-4-3-5-10(11(8)13)7-6-9(2)12/h6,8,10H,3-5,7H2,1-2H3/b9-6+. The van der Waals surface area contributed by atoms with Gasteiger partial charge in [0.15, 0.2) is 0 Å². The summed E-state index contributed by atoms with van der Waals surface area (Å²) in [5, 5.41) is 0.797. The van der Waals surface area contributed by atoms with Gasteiger partial charge in [-0.25, -0.2) is 0 Å². The Morgan fingerprint density at radius 3 is 2.92 bits per heavy atom. The summed E-state index contributed by atoms with van der Waals surface area (Å²) in [5.74, 6) is 0.931. The topological polar surface area (TPSA) is 17.1 Å². The van der Waals surface area contributed by atoms with Crippen LogP contribution in [-0.4, -0.2) is 5.78 Å². The summed E-state index contributed by atoms with van der Waals surface area (Å²) < 4.78 is 0. The molecule has 0 amide bonds. The molecule has 1 saturated carbocycles. The molecule has 1 fully saturated rings. The second-order valence-corrected chi connectivity index (χ2v) is 4.55. The van der Waals surface area contributed by atoms with E-state index in [2.05, 4.69) is 0 Å². The van der Waals surface area contributed by atoms with Gasteiger partial charge in [0.1, 0.15) is 5.78 Å². The molecular weight excluding hydrogens is 184 g/mol. The number of carbonyl (C=O) groups excluding carboxylic acids is 1. The predicted octanol–water partition coefficient (Wildman–Crippen LogP) is 3.52. The molecule has 0 aromatic rings. The molecule has 1 aliphatic carbocycles. The fraction of sp³-hybridized carbons (Fsp3) is 0.727. The van der Waals surface area contributed by atoms with E-state index in [0.29, 0.717) is 5.78 Å². The molecule has 0 N–H and O–H groups in total. The lowest BCUT2D eigenvalue weighted by molar-refractivity contribution is -0.128. The maximum atomic E-state index is 11.7. The van der Waals surface area contributed by atoms with E-state index in [9.17, 15) is 4.79 Å². The summed E-state index contributed by atoms with van der Waals surface area (Å²) in [7, 11) is 0. The van der Waals surface area contributed by atoms with Gasteiger partial charge in [-0.1, -0.05) is 31.0 Å². The van der Waals surface area contributed by atoms with Crippen LogP contribution in [0.5, 0.6) is 0 Å². The molecule has 0 aromatic carbocycles. The molecule has 2 heteroatoms. The average Bonchev–Trinajstić information content (AvgIpc) is 2.07. The highest BCUT2D eigenvalue weighted by Crippen LogP contribution is 2.28. The van der Waals surface area contributed by atoms with Gasteiger partial charge in [-0.05, 0) is 26.2 Å². The summed E-state index contributed by atoms with van der Waals surface area (Å²) in [5.41, 5.74) is 0. The van der Waals surface area contributed by atoms with E-state index in [1.165, 1.54) is 6.42 Å². The van der Waals surface area contributed by atoms with E-state index in [1.54, 1.807) is 0 Å². The molecule has 1 aliphatic rings. The highest BCUT2D eigenvalue weighted by molar-refractivity contribution is 6.29. The first-order valence-electron chi connectivity index (χ1n) is 4.97. The zero-order valence-corrected chi connectivity index (χ0v) is 9.10. The Kier molecular flexibility index (Phi) is 3.98. The number of rotatable bonds is 2. The summed E-state index contributed by atoms with van der Waals surface area (Å²) >= 11 is 5.73. The van der Waals surface area contributed by atoms with Gasteiger partial charge in [0.25, 0.3) is 0 Å². The van der Waals surface area contributed by atoms with Gasteiger partial charge in [0, 0.05) is 16.9 Å². The van der Waals surface area contributed by atoms with Crippen LogP contribution in [0.25, 0.3) is 0 Å². The molecule has 0 bridgehead atoms. The second-order valence-electron chi connectivity index (χ2n) is 3.96. The van der Waals surface area contributed by atoms with Crippen molar-refractivity contribution in [3.05, 3.63) is 11.1 Å². The Morgan fingerprint density at radius 1 is 1.62 bits per heavy atom. The van der Waals surface area contributed by atoms with Crippen molar-refractivity contribution < 1.29 is 4.79 Å². The van der Waals surface area contributed by atoms with Gasteiger partial charge in [-0.2, -0.15) is 0 Å². The van der Waals surface area contributed by atoms with E-state index < -0.39 is 0 Å². The maximum Gasteiger partial charge on any atom is 0.139 e. The van der Waals surface area contributed by atoms with E-state index in [-0.39, 0.29) is 11.8 Å². The predicted molar refractivity (Wildman–Crippen MR) is 55.7 cm³/mol. The molecule has 2 atom stereocenters. The maximum absolute atomic E-state index is 11.7. The van der Waals surface area contributed by atoms with Crippen molar-refractivity contribution in [2.24, 2.45) is 11.8 Å². The molecule has 0 aliphatic heterocycles. The molecule has 1 rings (SSSR count). The highest BCUT2D eigenvalue weighted by Gasteiger charge is 2.26. The summed E-state index contributed by atoms with van der Waals surface area (Å²) in [6, 6.07) is 0. The summed E-state index contributed by atoms with van der Waals surface area (Å²) in [6.45, 7) is 3.89. The molecule has 0 heterocycles. The minimum atomic E-state index is 0.234. The van der Waals surface area contributed by atoms with Crippen LogP contribution >= 0.6 is 11.6 Å². The number of carbonyl (C=O) groups is 1. The van der Waals surface area contributed by atoms with Crippen LogP contribution in [-0.2, 0) is 4.79 Å². The minimum absolute atomic E-state index is 0.234. The molecule has 0 spiro atoms. The molecule has 0 radical (unpaired) electrons. The Hall–Kier alpha value is -0.300. The molecule has 0 aromatic heterocycles. The number of allylic oxidation sites excluding steroid dienone is 2. The number of halogens is 1. The van der Waals surface area contributed by atoms with E-state index in [0.717, 1.165) is 24.3 Å². The lowest BCUT2D eigenvalue weighted by Gasteiger charge is -2.24. The lowest BCUT2D eigenvalue weighted by Crippen LogP contribution is -2.26. The summed E-state index contributed by atoms with van der Waals surface area (Å²) in [6.07, 6.45) is 6.09. The Labute approximate surface area is 85.2 Å². The van der Waals surface area contributed by atoms with Crippen molar-refractivity contribution in [3.8, 4) is 0 Å². The van der Waals surface area contributed by atoms with Gasteiger partial charge in [0.2, 0.25) is 0 Å². The number of hydrogen-bond acceptors (Lipinski definition) is 1. The third-order valence-corrected chi connectivity index (χ3v) is 2.92. The van der Waals surface area contributed by atoms with Gasteiger partial charge < -0.3 is 0 Å². The average molecular weight is 201 g/mol. The van der Waals surface area contributed by atoms with Crippen LogP contribution in [0.2, 0.25) is 0 Å². The first kappa shape index (κ1) is 10.8. The number of ketones is 1. The Bertz CT molecular complexity index is 216. The molecule has 74 valence electrons. The zero-order valence-electron chi connectivity index (χ0n) is 8.35. The Balaban J connectivity index is 2.49. The van der Waals surface area contributed by atoms with E-state index in [4.69, 9.17) is 11.6 Å². The van der Waals surface area contributed by atoms with E-state index in [1.807, 2.05) is 19.9 Å². The Morgan fingerprint density at radius 2 is 2.31 bits per heavy atom. The monoisotopic (exact) mass is 200 g/mol. The van der Waals surface area contributed by atoms with Crippen molar-refractivity contribution >= 4 is 17.4 Å². The first-order valence-corrected chi connectivity index (χ1v) is 5.35. The van der Waals surface area contributed by atoms with Crippen LogP contribution in [0.15, 0.2) is 11.1 Å². The SMILES string of the molecule is C/C(Cl)=C\CC1CCCC(C)C1=O. The van der Waals surface area contributed by atoms with Gasteiger partial charge in [-0.15, -0.1) is 0 Å². The molecule has 0 saturated heterocycles. The van der Waals surface area contributed by atoms with Crippen LogP contribution in [0.1, 0.15) is 39.5 Å². The number of hydrogen-bond donors (Lipinski definition) is 0. The van der Waals surface area contributed by atoms with Gasteiger partial charge in [-0.3, -0.25) is 4.79 Å². The molecule has 1 nitrogen and oxygen atoms in total. The largest absolute Gasteiger partial charge is 0.299 e.